The minimum Gasteiger partial charge on any atom is -0.299 e. The van der Waals surface area contributed by atoms with Gasteiger partial charge >= 0.3 is 0 Å². The largest absolute Gasteiger partial charge is 0.299 e. The molecular formula is C21H16BrN3S. The molecule has 0 saturated carbocycles. The third-order valence-corrected chi connectivity index (χ3v) is 6.51. The van der Waals surface area contributed by atoms with Gasteiger partial charge in [0.2, 0.25) is 0 Å². The molecule has 1 aromatic carbocycles. The molecule has 0 aliphatic heterocycles. The molecule has 26 heavy (non-hydrogen) atoms. The van der Waals surface area contributed by atoms with E-state index in [9.17, 15) is 0 Å². The average molecular weight is 422 g/mol. The number of nitriles is 1. The number of benzene rings is 1. The number of rotatable bonds is 3. The van der Waals surface area contributed by atoms with E-state index in [-0.39, 0.29) is 0 Å². The van der Waals surface area contributed by atoms with Crippen molar-refractivity contribution < 1.29 is 0 Å². The van der Waals surface area contributed by atoms with Gasteiger partial charge in [0.05, 0.1) is 23.0 Å². The highest BCUT2D eigenvalue weighted by Crippen LogP contribution is 2.31. The highest BCUT2D eigenvalue weighted by molar-refractivity contribution is 9.10. The van der Waals surface area contributed by atoms with Crippen LogP contribution in [0.3, 0.4) is 0 Å². The van der Waals surface area contributed by atoms with Gasteiger partial charge < -0.3 is 0 Å². The zero-order chi connectivity index (χ0) is 18.3. The molecule has 3 aromatic heterocycles. The maximum atomic E-state index is 9.06. The summed E-state index contributed by atoms with van der Waals surface area (Å²) < 4.78 is 3.35. The molecule has 0 unspecified atom stereocenters. The first-order valence-electron chi connectivity index (χ1n) is 8.27. The Labute approximate surface area is 164 Å². The number of pyridine rings is 1. The molecule has 0 aliphatic rings. The van der Waals surface area contributed by atoms with Crippen molar-refractivity contribution in [1.82, 2.24) is 9.38 Å². The van der Waals surface area contributed by atoms with Crippen molar-refractivity contribution in [3.63, 3.8) is 0 Å². The molecule has 0 N–H and O–H groups in total. The van der Waals surface area contributed by atoms with Crippen molar-refractivity contribution in [3.05, 3.63) is 79.7 Å². The van der Waals surface area contributed by atoms with Crippen LogP contribution < -0.4 is 0 Å². The van der Waals surface area contributed by atoms with E-state index in [2.05, 4.69) is 63.1 Å². The van der Waals surface area contributed by atoms with Crippen LogP contribution in [0.5, 0.6) is 0 Å². The van der Waals surface area contributed by atoms with Crippen molar-refractivity contribution in [3.8, 4) is 17.3 Å². The molecule has 3 heterocycles. The third kappa shape index (κ3) is 2.86. The lowest BCUT2D eigenvalue weighted by Crippen LogP contribution is -2.01. The minimum absolute atomic E-state index is 0.659. The maximum absolute atomic E-state index is 9.06. The van der Waals surface area contributed by atoms with Gasteiger partial charge in [0.25, 0.3) is 0 Å². The third-order valence-electron chi connectivity index (χ3n) is 4.58. The summed E-state index contributed by atoms with van der Waals surface area (Å²) in [7, 11) is 0. The van der Waals surface area contributed by atoms with Crippen LogP contribution in [0.15, 0.2) is 51.6 Å². The van der Waals surface area contributed by atoms with Gasteiger partial charge in [-0.05, 0) is 75.9 Å². The number of hydrogen-bond acceptors (Lipinski definition) is 3. The quantitative estimate of drug-likeness (QED) is 0.412. The van der Waals surface area contributed by atoms with E-state index in [0.29, 0.717) is 5.56 Å². The molecule has 0 fully saturated rings. The summed E-state index contributed by atoms with van der Waals surface area (Å²) in [5, 5.41) is 13.3. The Hall–Kier alpha value is -2.42. The van der Waals surface area contributed by atoms with Crippen LogP contribution in [0.4, 0.5) is 0 Å². The lowest BCUT2D eigenvalue weighted by atomic mass is 10.0. The maximum Gasteiger partial charge on any atom is 0.138 e. The van der Waals surface area contributed by atoms with Crippen molar-refractivity contribution in [2.45, 2.75) is 20.3 Å². The molecule has 4 aromatic rings. The van der Waals surface area contributed by atoms with Crippen LogP contribution in [0.2, 0.25) is 0 Å². The highest BCUT2D eigenvalue weighted by Gasteiger charge is 2.18. The van der Waals surface area contributed by atoms with Crippen LogP contribution in [0, 0.1) is 25.2 Å². The number of thiophene rings is 1. The predicted molar refractivity (Wildman–Crippen MR) is 110 cm³/mol. The minimum atomic E-state index is 0.659. The highest BCUT2D eigenvalue weighted by atomic mass is 79.9. The summed E-state index contributed by atoms with van der Waals surface area (Å²) in [6, 6.07) is 14.1. The molecule has 0 saturated heterocycles. The Morgan fingerprint density at radius 3 is 2.62 bits per heavy atom. The van der Waals surface area contributed by atoms with Crippen LogP contribution in [0.25, 0.3) is 16.9 Å². The summed E-state index contributed by atoms with van der Waals surface area (Å²) in [5.41, 5.74) is 8.39. The van der Waals surface area contributed by atoms with Crippen molar-refractivity contribution >= 4 is 32.9 Å². The molecule has 0 amide bonds. The van der Waals surface area contributed by atoms with Gasteiger partial charge in [-0.2, -0.15) is 16.6 Å². The van der Waals surface area contributed by atoms with Crippen molar-refractivity contribution in [2.75, 3.05) is 0 Å². The van der Waals surface area contributed by atoms with Crippen molar-refractivity contribution in [2.24, 2.45) is 0 Å². The van der Waals surface area contributed by atoms with E-state index in [1.165, 1.54) is 16.8 Å². The topological polar surface area (TPSA) is 41.1 Å². The fourth-order valence-electron chi connectivity index (χ4n) is 3.27. The Morgan fingerprint density at radius 1 is 1.19 bits per heavy atom. The first-order chi connectivity index (χ1) is 12.6. The number of imidazole rings is 1. The second-order valence-electron chi connectivity index (χ2n) is 6.32. The SMILES string of the molecule is Cc1cc2nc(-c3ccc(C#N)cc3)c(Cc3ccsc3)n2c(C)c1Br. The van der Waals surface area contributed by atoms with E-state index in [1.54, 1.807) is 11.3 Å². The Kier molecular flexibility index (Phi) is 4.39. The monoisotopic (exact) mass is 421 g/mol. The molecule has 0 bridgehead atoms. The molecule has 0 spiro atoms. The standard InChI is InChI=1S/C21H16BrN3S/c1-13-9-19-24-21(17-5-3-15(11-23)4-6-17)18(10-16-7-8-26-12-16)25(19)14(2)20(13)22/h3-9,12H,10H2,1-2H3. The molecule has 5 heteroatoms. The second kappa shape index (κ2) is 6.71. The number of nitrogens with zero attached hydrogens (tertiary/aromatic N) is 3. The molecule has 0 atom stereocenters. The molecule has 0 radical (unpaired) electrons. The fraction of sp³-hybridized carbons (Fsp3) is 0.143. The zero-order valence-corrected chi connectivity index (χ0v) is 16.9. The summed E-state index contributed by atoms with van der Waals surface area (Å²) in [6.07, 6.45) is 0.816. The van der Waals surface area contributed by atoms with Gasteiger partial charge in [-0.3, -0.25) is 4.40 Å². The summed E-state index contributed by atoms with van der Waals surface area (Å²) in [6.45, 7) is 4.21. The number of fused-ring (bicyclic) bond motifs is 1. The number of hydrogen-bond donors (Lipinski definition) is 0. The van der Waals surface area contributed by atoms with Gasteiger partial charge in [0.15, 0.2) is 0 Å². The second-order valence-corrected chi connectivity index (χ2v) is 7.90. The van der Waals surface area contributed by atoms with E-state index < -0.39 is 0 Å². The number of aromatic nitrogens is 2. The van der Waals surface area contributed by atoms with Gasteiger partial charge in [-0.25, -0.2) is 4.98 Å². The van der Waals surface area contributed by atoms with Gasteiger partial charge in [0, 0.05) is 22.2 Å². The van der Waals surface area contributed by atoms with Crippen LogP contribution in [-0.2, 0) is 6.42 Å². The van der Waals surface area contributed by atoms with Crippen molar-refractivity contribution in [1.29, 1.82) is 5.26 Å². The lowest BCUT2D eigenvalue weighted by molar-refractivity contribution is 0.974. The molecule has 0 aliphatic carbocycles. The van der Waals surface area contributed by atoms with E-state index in [1.807, 2.05) is 24.3 Å². The van der Waals surface area contributed by atoms with E-state index in [0.717, 1.165) is 33.5 Å². The fourth-order valence-corrected chi connectivity index (χ4v) is 4.23. The van der Waals surface area contributed by atoms with Gasteiger partial charge in [-0.1, -0.05) is 12.1 Å². The number of aryl methyl sites for hydroxylation is 2. The molecular weight excluding hydrogens is 406 g/mol. The average Bonchev–Trinajstić information content (AvgIpc) is 3.28. The van der Waals surface area contributed by atoms with E-state index in [4.69, 9.17) is 10.2 Å². The summed E-state index contributed by atoms with van der Waals surface area (Å²) >= 11 is 5.42. The Bertz CT molecular complexity index is 1130. The lowest BCUT2D eigenvalue weighted by Gasteiger charge is -2.10. The number of halogens is 1. The normalized spacial score (nSPS) is 11.0. The Morgan fingerprint density at radius 2 is 1.96 bits per heavy atom. The van der Waals surface area contributed by atoms with E-state index >= 15 is 0 Å². The van der Waals surface area contributed by atoms with Gasteiger partial charge in [-0.15, -0.1) is 0 Å². The predicted octanol–water partition coefficient (Wildman–Crippen LogP) is 5.90. The molecule has 3 nitrogen and oxygen atoms in total. The Balaban J connectivity index is 1.98. The van der Waals surface area contributed by atoms with Crippen LogP contribution in [0.1, 0.15) is 28.1 Å². The molecule has 128 valence electrons. The van der Waals surface area contributed by atoms with Gasteiger partial charge in [0.1, 0.15) is 5.65 Å². The summed E-state index contributed by atoms with van der Waals surface area (Å²) in [4.78, 5) is 4.94. The molecule has 4 rings (SSSR count). The zero-order valence-electron chi connectivity index (χ0n) is 14.5. The van der Waals surface area contributed by atoms with Crippen LogP contribution >= 0.6 is 27.3 Å². The first-order valence-corrected chi connectivity index (χ1v) is 10.0. The van der Waals surface area contributed by atoms with Crippen LogP contribution in [-0.4, -0.2) is 9.38 Å². The first kappa shape index (κ1) is 17.0. The smallest absolute Gasteiger partial charge is 0.138 e. The summed E-state index contributed by atoms with van der Waals surface area (Å²) in [5.74, 6) is 0.